The lowest BCUT2D eigenvalue weighted by molar-refractivity contribution is -0.108. The molecule has 0 N–H and O–H groups in total. The highest BCUT2D eigenvalue weighted by Gasteiger charge is 2.13. The van der Waals surface area contributed by atoms with Crippen molar-refractivity contribution in [3.8, 4) is 16.9 Å². The van der Waals surface area contributed by atoms with E-state index in [4.69, 9.17) is 4.74 Å². The number of hydrogen-bond donors (Lipinski definition) is 0. The van der Waals surface area contributed by atoms with Crippen LogP contribution in [0.2, 0.25) is 0 Å². The van der Waals surface area contributed by atoms with Gasteiger partial charge in [-0.3, -0.25) is 0 Å². The first-order valence-corrected chi connectivity index (χ1v) is 6.78. The minimum Gasteiger partial charge on any atom is -0.496 e. The van der Waals surface area contributed by atoms with Crippen LogP contribution in [-0.2, 0) is 4.79 Å². The molecule has 0 aliphatic rings. The van der Waals surface area contributed by atoms with Gasteiger partial charge in [-0.1, -0.05) is 37.3 Å². The molecule has 0 radical (unpaired) electrons. The number of ether oxygens (including phenoxy) is 1. The van der Waals surface area contributed by atoms with Crippen LogP contribution in [0.3, 0.4) is 0 Å². The van der Waals surface area contributed by atoms with E-state index in [0.717, 1.165) is 23.2 Å². The second-order valence-corrected chi connectivity index (χ2v) is 5.15. The van der Waals surface area contributed by atoms with Gasteiger partial charge in [-0.05, 0) is 42.2 Å². The summed E-state index contributed by atoms with van der Waals surface area (Å²) in [6, 6.07) is 12.3. The van der Waals surface area contributed by atoms with Crippen LogP contribution < -0.4 is 4.74 Å². The summed E-state index contributed by atoms with van der Waals surface area (Å²) in [5, 5.41) is 0. The van der Waals surface area contributed by atoms with Gasteiger partial charge in [-0.25, -0.2) is 0 Å². The van der Waals surface area contributed by atoms with Crippen molar-refractivity contribution in [3.63, 3.8) is 0 Å². The standard InChI is InChI=1S/C18H20O2/c1-12-6-5-7-13(2)18(12)16-9-8-15(14(3)11-19)10-17(16)20-4/h5-11,14H,1-4H3/t14-/m0/s1. The van der Waals surface area contributed by atoms with Gasteiger partial charge in [0, 0.05) is 11.5 Å². The third-order valence-electron chi connectivity index (χ3n) is 3.71. The zero-order valence-electron chi connectivity index (χ0n) is 12.4. The normalized spacial score (nSPS) is 12.0. The molecule has 20 heavy (non-hydrogen) atoms. The highest BCUT2D eigenvalue weighted by molar-refractivity contribution is 5.77. The Balaban J connectivity index is 2.60. The molecule has 0 aromatic heterocycles. The Morgan fingerprint density at radius 3 is 2.30 bits per heavy atom. The number of aryl methyl sites for hydroxylation is 2. The van der Waals surface area contributed by atoms with Gasteiger partial charge in [0.1, 0.15) is 12.0 Å². The number of methoxy groups -OCH3 is 1. The van der Waals surface area contributed by atoms with Crippen molar-refractivity contribution in [2.45, 2.75) is 26.7 Å². The largest absolute Gasteiger partial charge is 0.496 e. The zero-order chi connectivity index (χ0) is 14.7. The first kappa shape index (κ1) is 14.3. The first-order valence-electron chi connectivity index (χ1n) is 6.78. The Bertz CT molecular complexity index is 609. The predicted octanol–water partition coefficient (Wildman–Crippen LogP) is 4.28. The summed E-state index contributed by atoms with van der Waals surface area (Å²) in [4.78, 5) is 10.9. The topological polar surface area (TPSA) is 26.3 Å². The van der Waals surface area contributed by atoms with Gasteiger partial charge in [-0.15, -0.1) is 0 Å². The summed E-state index contributed by atoms with van der Waals surface area (Å²) in [6.45, 7) is 6.09. The van der Waals surface area contributed by atoms with E-state index in [9.17, 15) is 4.79 Å². The molecule has 0 amide bonds. The zero-order valence-corrected chi connectivity index (χ0v) is 12.4. The van der Waals surface area contributed by atoms with Crippen LogP contribution >= 0.6 is 0 Å². The van der Waals surface area contributed by atoms with E-state index >= 15 is 0 Å². The molecule has 2 aromatic rings. The van der Waals surface area contributed by atoms with Gasteiger partial charge in [0.25, 0.3) is 0 Å². The Labute approximate surface area is 120 Å². The molecule has 1 atom stereocenters. The fraction of sp³-hybridized carbons (Fsp3) is 0.278. The van der Waals surface area contributed by atoms with E-state index in [1.54, 1.807) is 7.11 Å². The number of carbonyl (C=O) groups is 1. The minimum atomic E-state index is -0.115. The van der Waals surface area contributed by atoms with Crippen molar-refractivity contribution < 1.29 is 9.53 Å². The monoisotopic (exact) mass is 268 g/mol. The lowest BCUT2D eigenvalue weighted by Crippen LogP contribution is -1.98. The Kier molecular flexibility index (Phi) is 4.23. The number of hydrogen-bond acceptors (Lipinski definition) is 2. The smallest absolute Gasteiger partial charge is 0.127 e. The number of benzene rings is 2. The fourth-order valence-electron chi connectivity index (χ4n) is 2.52. The van der Waals surface area contributed by atoms with Crippen LogP contribution in [0.1, 0.15) is 29.5 Å². The SMILES string of the molecule is COc1cc([C@@H](C)C=O)ccc1-c1c(C)cccc1C. The van der Waals surface area contributed by atoms with Gasteiger partial charge >= 0.3 is 0 Å². The number of aldehydes is 1. The quantitative estimate of drug-likeness (QED) is 0.774. The van der Waals surface area contributed by atoms with Crippen molar-refractivity contribution in [2.24, 2.45) is 0 Å². The average Bonchev–Trinajstić information content (AvgIpc) is 2.46. The molecular weight excluding hydrogens is 248 g/mol. The molecule has 0 aliphatic carbocycles. The van der Waals surface area contributed by atoms with Crippen LogP contribution in [0.4, 0.5) is 0 Å². The second-order valence-electron chi connectivity index (χ2n) is 5.15. The molecule has 104 valence electrons. The molecule has 0 heterocycles. The summed E-state index contributed by atoms with van der Waals surface area (Å²) < 4.78 is 5.53. The Hall–Kier alpha value is -2.09. The van der Waals surface area contributed by atoms with Crippen molar-refractivity contribution in [1.29, 1.82) is 0 Å². The van der Waals surface area contributed by atoms with E-state index in [2.05, 4.69) is 32.0 Å². The van der Waals surface area contributed by atoms with Crippen LogP contribution in [0, 0.1) is 13.8 Å². The Morgan fingerprint density at radius 1 is 1.10 bits per heavy atom. The number of rotatable bonds is 4. The maximum absolute atomic E-state index is 10.9. The molecule has 2 nitrogen and oxygen atoms in total. The minimum absolute atomic E-state index is 0.115. The summed E-state index contributed by atoms with van der Waals surface area (Å²) in [5.74, 6) is 0.699. The summed E-state index contributed by atoms with van der Waals surface area (Å²) in [6.07, 6.45) is 0.952. The third-order valence-corrected chi connectivity index (χ3v) is 3.71. The molecule has 0 saturated heterocycles. The van der Waals surface area contributed by atoms with E-state index in [1.807, 2.05) is 25.1 Å². The number of carbonyl (C=O) groups excluding carboxylic acids is 1. The van der Waals surface area contributed by atoms with E-state index in [0.29, 0.717) is 0 Å². The summed E-state index contributed by atoms with van der Waals surface area (Å²) in [5.41, 5.74) is 5.70. The van der Waals surface area contributed by atoms with Crippen LogP contribution in [0.25, 0.3) is 11.1 Å². The first-order chi connectivity index (χ1) is 9.58. The van der Waals surface area contributed by atoms with Gasteiger partial charge in [0.2, 0.25) is 0 Å². The van der Waals surface area contributed by atoms with Gasteiger partial charge in [-0.2, -0.15) is 0 Å². The maximum atomic E-state index is 10.9. The maximum Gasteiger partial charge on any atom is 0.127 e. The van der Waals surface area contributed by atoms with Gasteiger partial charge in [0.05, 0.1) is 7.11 Å². The van der Waals surface area contributed by atoms with Crippen LogP contribution in [0.5, 0.6) is 5.75 Å². The molecule has 0 aliphatic heterocycles. The van der Waals surface area contributed by atoms with Crippen molar-refractivity contribution in [1.82, 2.24) is 0 Å². The molecule has 0 saturated carbocycles. The highest BCUT2D eigenvalue weighted by atomic mass is 16.5. The van der Waals surface area contributed by atoms with Gasteiger partial charge < -0.3 is 9.53 Å². The van der Waals surface area contributed by atoms with Gasteiger partial charge in [0.15, 0.2) is 0 Å². The lowest BCUT2D eigenvalue weighted by atomic mass is 9.92. The third kappa shape index (κ3) is 2.60. The summed E-state index contributed by atoms with van der Waals surface area (Å²) >= 11 is 0. The summed E-state index contributed by atoms with van der Waals surface area (Å²) in [7, 11) is 1.67. The lowest BCUT2D eigenvalue weighted by Gasteiger charge is -2.16. The van der Waals surface area contributed by atoms with Crippen LogP contribution in [-0.4, -0.2) is 13.4 Å². The average molecular weight is 268 g/mol. The molecule has 0 bridgehead atoms. The molecule has 2 rings (SSSR count). The van der Waals surface area contributed by atoms with E-state index in [1.165, 1.54) is 16.7 Å². The molecule has 0 unspecified atom stereocenters. The second kappa shape index (κ2) is 5.91. The molecule has 2 aromatic carbocycles. The predicted molar refractivity (Wildman–Crippen MR) is 82.4 cm³/mol. The Morgan fingerprint density at radius 2 is 1.75 bits per heavy atom. The molecule has 0 fully saturated rings. The molecule has 2 heteroatoms. The van der Waals surface area contributed by atoms with E-state index in [-0.39, 0.29) is 5.92 Å². The van der Waals surface area contributed by atoms with Crippen molar-refractivity contribution >= 4 is 6.29 Å². The fourth-order valence-corrected chi connectivity index (χ4v) is 2.52. The van der Waals surface area contributed by atoms with Crippen molar-refractivity contribution in [2.75, 3.05) is 7.11 Å². The van der Waals surface area contributed by atoms with Crippen molar-refractivity contribution in [3.05, 3.63) is 53.1 Å². The molecule has 0 spiro atoms. The van der Waals surface area contributed by atoms with E-state index < -0.39 is 0 Å². The highest BCUT2D eigenvalue weighted by Crippen LogP contribution is 2.36. The molecular formula is C18H20O2. The van der Waals surface area contributed by atoms with Crippen LogP contribution in [0.15, 0.2) is 36.4 Å².